The number of ether oxygens (including phenoxy) is 1. The lowest BCUT2D eigenvalue weighted by Crippen LogP contribution is -2.24. The molecule has 108 valence electrons. The standard InChI is InChI=1S/C16H15ClN2O2/c17-15-9-8-13(11-19-15)7-4-10-18-16(20)21-12-14-5-2-1-3-6-14/h1-9,11H,10,12H2,(H,18,20). The first-order chi connectivity index (χ1) is 10.2. The third-order valence-corrected chi connectivity index (χ3v) is 2.86. The minimum Gasteiger partial charge on any atom is -0.445 e. The summed E-state index contributed by atoms with van der Waals surface area (Å²) in [6, 6.07) is 13.1. The van der Waals surface area contributed by atoms with Crippen LogP contribution in [0.25, 0.3) is 6.08 Å². The lowest BCUT2D eigenvalue weighted by Gasteiger charge is -2.05. The van der Waals surface area contributed by atoms with Gasteiger partial charge in [-0.05, 0) is 17.2 Å². The van der Waals surface area contributed by atoms with E-state index in [0.29, 0.717) is 11.7 Å². The highest BCUT2D eigenvalue weighted by Gasteiger charge is 2.00. The van der Waals surface area contributed by atoms with Crippen LogP contribution < -0.4 is 5.32 Å². The number of amides is 1. The van der Waals surface area contributed by atoms with Crippen molar-refractivity contribution in [2.45, 2.75) is 6.61 Å². The van der Waals surface area contributed by atoms with Crippen molar-refractivity contribution in [1.82, 2.24) is 10.3 Å². The van der Waals surface area contributed by atoms with Crippen LogP contribution in [0.4, 0.5) is 4.79 Å². The Kier molecular flexibility index (Phi) is 5.79. The average Bonchev–Trinajstić information content (AvgIpc) is 2.52. The minimum atomic E-state index is -0.447. The molecule has 0 aliphatic rings. The van der Waals surface area contributed by atoms with Crippen molar-refractivity contribution in [3.05, 3.63) is 71.0 Å². The average molecular weight is 303 g/mol. The van der Waals surface area contributed by atoms with Crippen LogP contribution in [0.1, 0.15) is 11.1 Å². The number of hydrogen-bond acceptors (Lipinski definition) is 3. The second kappa shape index (κ2) is 8.07. The summed E-state index contributed by atoms with van der Waals surface area (Å²) < 4.78 is 5.08. The first-order valence-corrected chi connectivity index (χ1v) is 6.84. The highest BCUT2D eigenvalue weighted by atomic mass is 35.5. The molecule has 0 aliphatic heterocycles. The van der Waals surface area contributed by atoms with Crippen LogP contribution in [0.2, 0.25) is 5.15 Å². The molecule has 1 amide bonds. The van der Waals surface area contributed by atoms with E-state index in [9.17, 15) is 4.79 Å². The molecule has 1 heterocycles. The Morgan fingerprint density at radius 2 is 2.05 bits per heavy atom. The van der Waals surface area contributed by atoms with Gasteiger partial charge in [-0.25, -0.2) is 9.78 Å². The van der Waals surface area contributed by atoms with Gasteiger partial charge in [0.25, 0.3) is 0 Å². The van der Waals surface area contributed by atoms with E-state index in [4.69, 9.17) is 16.3 Å². The summed E-state index contributed by atoms with van der Waals surface area (Å²) in [5, 5.41) is 3.09. The van der Waals surface area contributed by atoms with E-state index >= 15 is 0 Å². The summed E-state index contributed by atoms with van der Waals surface area (Å²) in [5.74, 6) is 0. The second-order valence-electron chi connectivity index (χ2n) is 4.26. The number of alkyl carbamates (subject to hydrolysis) is 1. The number of benzene rings is 1. The predicted octanol–water partition coefficient (Wildman–Crippen LogP) is 3.67. The van der Waals surface area contributed by atoms with Crippen molar-refractivity contribution in [2.75, 3.05) is 6.54 Å². The van der Waals surface area contributed by atoms with Gasteiger partial charge in [-0.15, -0.1) is 0 Å². The predicted molar refractivity (Wildman–Crippen MR) is 82.9 cm³/mol. The van der Waals surface area contributed by atoms with Crippen LogP contribution in [0, 0.1) is 0 Å². The van der Waals surface area contributed by atoms with Crippen LogP contribution in [0.5, 0.6) is 0 Å². The fraction of sp³-hybridized carbons (Fsp3) is 0.125. The molecule has 0 fully saturated rings. The Balaban J connectivity index is 1.68. The number of nitrogens with zero attached hydrogens (tertiary/aromatic N) is 1. The number of aromatic nitrogens is 1. The molecule has 0 unspecified atom stereocenters. The van der Waals surface area contributed by atoms with Crippen LogP contribution in [0.3, 0.4) is 0 Å². The molecule has 0 spiro atoms. The monoisotopic (exact) mass is 302 g/mol. The third kappa shape index (κ3) is 5.67. The first-order valence-electron chi connectivity index (χ1n) is 6.47. The zero-order chi connectivity index (χ0) is 14.9. The van der Waals surface area contributed by atoms with Gasteiger partial charge in [0.15, 0.2) is 0 Å². The minimum absolute atomic E-state index is 0.261. The highest BCUT2D eigenvalue weighted by molar-refractivity contribution is 6.29. The Morgan fingerprint density at radius 1 is 1.24 bits per heavy atom. The highest BCUT2D eigenvalue weighted by Crippen LogP contribution is 2.06. The maximum atomic E-state index is 11.5. The molecule has 1 aromatic heterocycles. The van der Waals surface area contributed by atoms with E-state index in [2.05, 4.69) is 10.3 Å². The molecular weight excluding hydrogens is 288 g/mol. The Labute approximate surface area is 128 Å². The number of rotatable bonds is 5. The quantitative estimate of drug-likeness (QED) is 0.857. The summed E-state index contributed by atoms with van der Waals surface area (Å²) in [6.45, 7) is 0.647. The lowest BCUT2D eigenvalue weighted by molar-refractivity contribution is 0.141. The molecule has 0 bridgehead atoms. The lowest BCUT2D eigenvalue weighted by atomic mass is 10.2. The zero-order valence-corrected chi connectivity index (χ0v) is 12.1. The number of halogens is 1. The maximum Gasteiger partial charge on any atom is 0.407 e. The van der Waals surface area contributed by atoms with E-state index in [0.717, 1.165) is 11.1 Å². The maximum absolute atomic E-state index is 11.5. The van der Waals surface area contributed by atoms with Crippen molar-refractivity contribution in [3.63, 3.8) is 0 Å². The Morgan fingerprint density at radius 3 is 2.76 bits per heavy atom. The number of carbonyl (C=O) groups is 1. The Hall–Kier alpha value is -2.33. The Bertz CT molecular complexity index is 597. The molecule has 4 nitrogen and oxygen atoms in total. The topological polar surface area (TPSA) is 51.2 Å². The molecule has 0 saturated carbocycles. The van der Waals surface area contributed by atoms with Crippen molar-refractivity contribution in [3.8, 4) is 0 Å². The molecular formula is C16H15ClN2O2. The molecule has 0 saturated heterocycles. The van der Waals surface area contributed by atoms with Gasteiger partial charge in [-0.1, -0.05) is 60.2 Å². The summed E-state index contributed by atoms with van der Waals surface area (Å²) >= 11 is 5.69. The van der Waals surface area contributed by atoms with Gasteiger partial charge in [-0.3, -0.25) is 0 Å². The van der Waals surface area contributed by atoms with E-state index in [1.54, 1.807) is 12.3 Å². The van der Waals surface area contributed by atoms with Crippen molar-refractivity contribution in [2.24, 2.45) is 0 Å². The molecule has 21 heavy (non-hydrogen) atoms. The van der Waals surface area contributed by atoms with Crippen molar-refractivity contribution < 1.29 is 9.53 Å². The number of hydrogen-bond donors (Lipinski definition) is 1. The fourth-order valence-electron chi connectivity index (χ4n) is 1.60. The molecule has 0 radical (unpaired) electrons. The van der Waals surface area contributed by atoms with Crippen LogP contribution in [-0.2, 0) is 11.3 Å². The molecule has 1 aromatic carbocycles. The van der Waals surface area contributed by atoms with Gasteiger partial charge in [0, 0.05) is 12.7 Å². The summed E-state index contributed by atoms with van der Waals surface area (Å²) in [6.07, 6.45) is 4.87. The van der Waals surface area contributed by atoms with Gasteiger partial charge in [0.2, 0.25) is 0 Å². The fourth-order valence-corrected chi connectivity index (χ4v) is 1.71. The van der Waals surface area contributed by atoms with Crippen LogP contribution in [0.15, 0.2) is 54.7 Å². The van der Waals surface area contributed by atoms with E-state index in [1.807, 2.05) is 48.6 Å². The summed E-state index contributed by atoms with van der Waals surface area (Å²) in [5.41, 5.74) is 1.87. The molecule has 0 atom stereocenters. The number of nitrogens with one attached hydrogen (secondary N) is 1. The van der Waals surface area contributed by atoms with Gasteiger partial charge >= 0.3 is 6.09 Å². The number of pyridine rings is 1. The first kappa shape index (κ1) is 15.1. The normalized spacial score (nSPS) is 10.5. The van der Waals surface area contributed by atoms with Crippen molar-refractivity contribution in [1.29, 1.82) is 0 Å². The largest absolute Gasteiger partial charge is 0.445 e. The van der Waals surface area contributed by atoms with Crippen LogP contribution >= 0.6 is 11.6 Å². The molecule has 2 aromatic rings. The molecule has 1 N–H and O–H groups in total. The van der Waals surface area contributed by atoms with Crippen molar-refractivity contribution >= 4 is 23.8 Å². The van der Waals surface area contributed by atoms with E-state index in [1.165, 1.54) is 0 Å². The zero-order valence-electron chi connectivity index (χ0n) is 11.3. The van der Waals surface area contributed by atoms with Gasteiger partial charge < -0.3 is 10.1 Å². The van der Waals surface area contributed by atoms with Gasteiger partial charge in [0.1, 0.15) is 11.8 Å². The number of carbonyl (C=O) groups excluding carboxylic acids is 1. The molecule has 2 rings (SSSR count). The van der Waals surface area contributed by atoms with Gasteiger partial charge in [0.05, 0.1) is 0 Å². The van der Waals surface area contributed by atoms with Gasteiger partial charge in [-0.2, -0.15) is 0 Å². The van der Waals surface area contributed by atoms with E-state index < -0.39 is 6.09 Å². The second-order valence-corrected chi connectivity index (χ2v) is 4.65. The van der Waals surface area contributed by atoms with E-state index in [-0.39, 0.29) is 6.61 Å². The summed E-state index contributed by atoms with van der Waals surface area (Å²) in [4.78, 5) is 15.4. The van der Waals surface area contributed by atoms with Crippen LogP contribution in [-0.4, -0.2) is 17.6 Å². The third-order valence-electron chi connectivity index (χ3n) is 2.64. The molecule has 0 aliphatic carbocycles. The smallest absolute Gasteiger partial charge is 0.407 e. The molecule has 5 heteroatoms. The SMILES string of the molecule is O=C(NCC=Cc1ccc(Cl)nc1)OCc1ccccc1. The summed E-state index contributed by atoms with van der Waals surface area (Å²) in [7, 11) is 0.